The van der Waals surface area contributed by atoms with Crippen molar-refractivity contribution in [1.82, 2.24) is 4.90 Å². The van der Waals surface area contributed by atoms with Gasteiger partial charge >= 0.3 is 0 Å². The number of rotatable bonds is 11. The van der Waals surface area contributed by atoms with Gasteiger partial charge in [-0.05, 0) is 69.5 Å². The number of nitrogens with zero attached hydrogens (tertiary/aromatic N) is 1. The zero-order valence-electron chi connectivity index (χ0n) is 16.5. The third-order valence-electron chi connectivity index (χ3n) is 5.20. The fourth-order valence-electron chi connectivity index (χ4n) is 3.41. The van der Waals surface area contributed by atoms with Crippen LogP contribution in [0.4, 0.5) is 0 Å². The first kappa shape index (κ1) is 20.2. The maximum Gasteiger partial charge on any atom is 0.165 e. The molecule has 0 radical (unpaired) electrons. The molecule has 25 heavy (non-hydrogen) atoms. The van der Waals surface area contributed by atoms with Crippen LogP contribution in [0.3, 0.4) is 0 Å². The van der Waals surface area contributed by atoms with Crippen LogP contribution >= 0.6 is 0 Å². The van der Waals surface area contributed by atoms with Gasteiger partial charge in [-0.15, -0.1) is 0 Å². The maximum absolute atomic E-state index is 5.66. The average molecular weight is 350 g/mol. The largest absolute Gasteiger partial charge is 0.497 e. The third kappa shape index (κ3) is 6.61. The normalized spacial score (nSPS) is 16.5. The van der Waals surface area contributed by atoms with Gasteiger partial charge in [0.25, 0.3) is 0 Å². The highest BCUT2D eigenvalue weighted by Crippen LogP contribution is 2.25. The summed E-state index contributed by atoms with van der Waals surface area (Å²) in [5, 5.41) is 0. The van der Waals surface area contributed by atoms with Crippen LogP contribution in [-0.2, 0) is 15.9 Å². The number of benzene rings is 1. The molecule has 1 heterocycles. The van der Waals surface area contributed by atoms with Crippen LogP contribution in [0.5, 0.6) is 5.75 Å². The van der Waals surface area contributed by atoms with Crippen molar-refractivity contribution >= 4 is 0 Å². The Morgan fingerprint density at radius 3 is 2.56 bits per heavy atom. The van der Waals surface area contributed by atoms with E-state index in [4.69, 9.17) is 14.2 Å². The number of methoxy groups -OCH3 is 1. The molecular weight excluding hydrogens is 314 g/mol. The second-order valence-electron chi connectivity index (χ2n) is 7.12. The van der Waals surface area contributed by atoms with E-state index in [1.165, 1.54) is 30.4 Å². The number of aryl methyl sites for hydroxylation is 1. The molecule has 1 aliphatic rings. The molecule has 0 unspecified atom stereocenters. The molecule has 0 saturated carbocycles. The van der Waals surface area contributed by atoms with Crippen molar-refractivity contribution < 1.29 is 14.2 Å². The molecule has 0 N–H and O–H groups in total. The highest BCUT2D eigenvalue weighted by Gasteiger charge is 2.29. The minimum atomic E-state index is -0.325. The molecule has 2 rings (SSSR count). The summed E-state index contributed by atoms with van der Waals surface area (Å²) < 4.78 is 16.7. The summed E-state index contributed by atoms with van der Waals surface area (Å²) in [7, 11) is 1.73. The molecule has 142 valence electrons. The van der Waals surface area contributed by atoms with Gasteiger partial charge in [-0.2, -0.15) is 0 Å². The molecule has 4 nitrogen and oxygen atoms in total. The molecule has 0 aromatic heterocycles. The van der Waals surface area contributed by atoms with Crippen LogP contribution in [0.2, 0.25) is 0 Å². The van der Waals surface area contributed by atoms with E-state index >= 15 is 0 Å². The SMILES string of the molecule is CCN(CCCCCC1(C)OCCO1)CCc1cc(OC)ccc1C. The minimum absolute atomic E-state index is 0.325. The van der Waals surface area contributed by atoms with Gasteiger partial charge in [0.05, 0.1) is 20.3 Å². The van der Waals surface area contributed by atoms with Crippen molar-refractivity contribution in [3.05, 3.63) is 29.3 Å². The van der Waals surface area contributed by atoms with Gasteiger partial charge in [0.15, 0.2) is 5.79 Å². The van der Waals surface area contributed by atoms with Crippen LogP contribution < -0.4 is 4.74 Å². The Balaban J connectivity index is 1.66. The summed E-state index contributed by atoms with van der Waals surface area (Å²) in [5.74, 6) is 0.627. The van der Waals surface area contributed by atoms with Gasteiger partial charge < -0.3 is 19.1 Å². The van der Waals surface area contributed by atoms with E-state index in [9.17, 15) is 0 Å². The molecule has 0 aliphatic carbocycles. The second kappa shape index (κ2) is 10.1. The Morgan fingerprint density at radius 2 is 1.88 bits per heavy atom. The van der Waals surface area contributed by atoms with Crippen molar-refractivity contribution in [2.45, 2.75) is 58.7 Å². The first-order valence-corrected chi connectivity index (χ1v) is 9.70. The molecule has 0 atom stereocenters. The molecule has 1 aromatic rings. The van der Waals surface area contributed by atoms with Crippen molar-refractivity contribution in [2.75, 3.05) is 40.0 Å². The van der Waals surface area contributed by atoms with E-state index in [0.717, 1.165) is 51.4 Å². The van der Waals surface area contributed by atoms with Crippen LogP contribution in [-0.4, -0.2) is 50.6 Å². The van der Waals surface area contributed by atoms with Crippen LogP contribution in [0.15, 0.2) is 18.2 Å². The number of likely N-dealkylation sites (N-methyl/N-ethyl adjacent to an activating group) is 1. The van der Waals surface area contributed by atoms with E-state index in [0.29, 0.717) is 0 Å². The van der Waals surface area contributed by atoms with Crippen LogP contribution in [0.25, 0.3) is 0 Å². The van der Waals surface area contributed by atoms with Crippen LogP contribution in [0.1, 0.15) is 50.7 Å². The summed E-state index contributed by atoms with van der Waals surface area (Å²) in [6.45, 7) is 11.3. The molecule has 0 amide bonds. The van der Waals surface area contributed by atoms with Gasteiger partial charge in [0.2, 0.25) is 0 Å². The Kier molecular flexibility index (Phi) is 8.20. The standard InChI is InChI=1S/C21H35NO3/c1-5-22(13-8-6-7-12-21(3)24-15-16-25-21)14-11-19-17-20(23-4)10-9-18(19)2/h9-10,17H,5-8,11-16H2,1-4H3. The molecule has 0 bridgehead atoms. The summed E-state index contributed by atoms with van der Waals surface area (Å²) in [4.78, 5) is 2.54. The second-order valence-corrected chi connectivity index (χ2v) is 7.12. The summed E-state index contributed by atoms with van der Waals surface area (Å²) in [6, 6.07) is 6.36. The highest BCUT2D eigenvalue weighted by molar-refractivity contribution is 5.35. The minimum Gasteiger partial charge on any atom is -0.497 e. The van der Waals surface area contributed by atoms with E-state index < -0.39 is 0 Å². The first-order valence-electron chi connectivity index (χ1n) is 9.70. The van der Waals surface area contributed by atoms with Gasteiger partial charge in [-0.3, -0.25) is 0 Å². The quantitative estimate of drug-likeness (QED) is 0.561. The van der Waals surface area contributed by atoms with Gasteiger partial charge in [0.1, 0.15) is 5.75 Å². The highest BCUT2D eigenvalue weighted by atomic mass is 16.7. The number of hydrogen-bond donors (Lipinski definition) is 0. The van der Waals surface area contributed by atoms with E-state index in [1.807, 2.05) is 6.07 Å². The van der Waals surface area contributed by atoms with Crippen molar-refractivity contribution in [3.63, 3.8) is 0 Å². The predicted molar refractivity (Wildman–Crippen MR) is 102 cm³/mol. The fraction of sp³-hybridized carbons (Fsp3) is 0.714. The van der Waals surface area contributed by atoms with Crippen molar-refractivity contribution in [3.8, 4) is 5.75 Å². The Hall–Kier alpha value is -1.10. The van der Waals surface area contributed by atoms with Gasteiger partial charge in [0, 0.05) is 13.0 Å². The maximum atomic E-state index is 5.66. The van der Waals surface area contributed by atoms with E-state index in [-0.39, 0.29) is 5.79 Å². The van der Waals surface area contributed by atoms with Crippen molar-refractivity contribution in [2.24, 2.45) is 0 Å². The van der Waals surface area contributed by atoms with Gasteiger partial charge in [-0.1, -0.05) is 19.4 Å². The zero-order chi connectivity index (χ0) is 18.1. The lowest BCUT2D eigenvalue weighted by Crippen LogP contribution is -2.27. The topological polar surface area (TPSA) is 30.9 Å². The van der Waals surface area contributed by atoms with E-state index in [1.54, 1.807) is 7.11 Å². The first-order chi connectivity index (χ1) is 12.1. The Bertz CT molecular complexity index is 512. The summed E-state index contributed by atoms with van der Waals surface area (Å²) in [5.41, 5.74) is 2.74. The lowest BCUT2D eigenvalue weighted by Gasteiger charge is -2.23. The lowest BCUT2D eigenvalue weighted by atomic mass is 10.0. The summed E-state index contributed by atoms with van der Waals surface area (Å²) >= 11 is 0. The fourth-order valence-corrected chi connectivity index (χ4v) is 3.41. The molecule has 0 spiro atoms. The number of hydrogen-bond acceptors (Lipinski definition) is 4. The Labute approximate surface area is 153 Å². The smallest absolute Gasteiger partial charge is 0.165 e. The van der Waals surface area contributed by atoms with Gasteiger partial charge in [-0.25, -0.2) is 0 Å². The van der Waals surface area contributed by atoms with Crippen LogP contribution in [0, 0.1) is 6.92 Å². The zero-order valence-corrected chi connectivity index (χ0v) is 16.5. The molecule has 1 aliphatic heterocycles. The number of unbranched alkanes of at least 4 members (excludes halogenated alkanes) is 2. The molecule has 1 aromatic carbocycles. The molecule has 1 saturated heterocycles. The molecular formula is C21H35NO3. The Morgan fingerprint density at radius 1 is 1.12 bits per heavy atom. The molecule has 4 heteroatoms. The molecule has 1 fully saturated rings. The number of ether oxygens (including phenoxy) is 3. The monoisotopic (exact) mass is 349 g/mol. The predicted octanol–water partition coefficient (Wildman–Crippen LogP) is 4.19. The van der Waals surface area contributed by atoms with Crippen molar-refractivity contribution in [1.29, 1.82) is 0 Å². The lowest BCUT2D eigenvalue weighted by molar-refractivity contribution is -0.147. The van der Waals surface area contributed by atoms with E-state index in [2.05, 4.69) is 37.8 Å². The average Bonchev–Trinajstić information content (AvgIpc) is 3.05. The third-order valence-corrected chi connectivity index (χ3v) is 5.20. The summed E-state index contributed by atoms with van der Waals surface area (Å²) in [6.07, 6.45) is 5.72.